The van der Waals surface area contributed by atoms with Gasteiger partial charge in [0.25, 0.3) is 0 Å². The number of nitrogens with one attached hydrogen (secondary N) is 1. The minimum Gasteiger partial charge on any atom is -0.460 e. The second kappa shape index (κ2) is 16.5. The number of fused-ring (bicyclic) bond motifs is 1. The lowest BCUT2D eigenvalue weighted by Gasteiger charge is -2.31. The zero-order valence-electron chi connectivity index (χ0n) is 30.1. The van der Waals surface area contributed by atoms with Crippen molar-refractivity contribution in [3.63, 3.8) is 0 Å². The van der Waals surface area contributed by atoms with E-state index in [2.05, 4.69) is 5.32 Å². The van der Waals surface area contributed by atoms with Crippen LogP contribution in [0.2, 0.25) is 0 Å². The number of aliphatic hydroxyl groups is 1. The second-order valence-electron chi connectivity index (χ2n) is 14.0. The predicted octanol–water partition coefficient (Wildman–Crippen LogP) is 4.93. The van der Waals surface area contributed by atoms with Crippen LogP contribution < -0.4 is 5.32 Å². The molecule has 3 aromatic carbocycles. The van der Waals surface area contributed by atoms with Gasteiger partial charge in [0.05, 0.1) is 18.2 Å². The average molecular weight is 711 g/mol. The summed E-state index contributed by atoms with van der Waals surface area (Å²) in [5, 5.41) is 12.9. The van der Waals surface area contributed by atoms with E-state index >= 15 is 0 Å². The van der Waals surface area contributed by atoms with Crippen molar-refractivity contribution in [2.24, 2.45) is 0 Å². The van der Waals surface area contributed by atoms with Gasteiger partial charge in [0.15, 0.2) is 0 Å². The lowest BCUT2D eigenvalue weighted by molar-refractivity contribution is -0.157. The Morgan fingerprint density at radius 2 is 1.56 bits per heavy atom. The molecule has 2 aliphatic rings. The highest BCUT2D eigenvalue weighted by Crippen LogP contribution is 2.47. The fourth-order valence-electron chi connectivity index (χ4n) is 6.10. The van der Waals surface area contributed by atoms with E-state index in [0.29, 0.717) is 16.7 Å². The van der Waals surface area contributed by atoms with Crippen LogP contribution in [0.3, 0.4) is 0 Å². The maximum Gasteiger partial charge on any atom is 0.339 e. The van der Waals surface area contributed by atoms with Gasteiger partial charge in [-0.15, -0.1) is 0 Å². The molecule has 1 aliphatic heterocycles. The van der Waals surface area contributed by atoms with Crippen LogP contribution in [0.25, 0.3) is 6.08 Å². The first-order valence-electron chi connectivity index (χ1n) is 17.3. The molecular formula is C41H46N2O9. The molecule has 11 nitrogen and oxygen atoms in total. The van der Waals surface area contributed by atoms with Gasteiger partial charge in [0.1, 0.15) is 23.9 Å². The Morgan fingerprint density at radius 1 is 0.942 bits per heavy atom. The van der Waals surface area contributed by atoms with Crippen molar-refractivity contribution < 1.29 is 43.2 Å². The summed E-state index contributed by atoms with van der Waals surface area (Å²) < 4.78 is 25.1. The Morgan fingerprint density at radius 3 is 2.15 bits per heavy atom. The molecule has 0 aromatic heterocycles. The van der Waals surface area contributed by atoms with Crippen molar-refractivity contribution >= 4 is 29.8 Å². The minimum atomic E-state index is -1.39. The molecule has 0 spiro atoms. The Hall–Kier alpha value is -5.10. The first-order chi connectivity index (χ1) is 24.8. The molecule has 52 heavy (non-hydrogen) atoms. The molecule has 1 fully saturated rings. The fraction of sp³-hybridized carbons (Fsp3) is 0.366. The number of carbonyl (C=O) groups excluding carboxylic acids is 4. The van der Waals surface area contributed by atoms with Crippen LogP contribution in [0.15, 0.2) is 103 Å². The van der Waals surface area contributed by atoms with Crippen LogP contribution in [0, 0.1) is 0 Å². The molecule has 2 N–H and O–H groups in total. The van der Waals surface area contributed by atoms with E-state index in [1.54, 1.807) is 71.3 Å². The predicted molar refractivity (Wildman–Crippen MR) is 194 cm³/mol. The third-order valence-corrected chi connectivity index (χ3v) is 8.64. The van der Waals surface area contributed by atoms with Gasteiger partial charge in [-0.1, -0.05) is 78.9 Å². The normalized spacial score (nSPS) is 20.0. The van der Waals surface area contributed by atoms with Crippen LogP contribution in [-0.2, 0) is 39.1 Å². The second-order valence-corrected chi connectivity index (χ2v) is 14.0. The summed E-state index contributed by atoms with van der Waals surface area (Å²) in [4.78, 5) is 53.7. The Kier molecular flexibility index (Phi) is 12.1. The number of aliphatic hydroxyl groups excluding tert-OH is 1. The summed E-state index contributed by atoms with van der Waals surface area (Å²) in [6.07, 6.45) is 2.10. The fourth-order valence-corrected chi connectivity index (χ4v) is 6.10. The number of carbonyl (C=O) groups is 4. The molecule has 3 aromatic rings. The molecule has 274 valence electrons. The van der Waals surface area contributed by atoms with Crippen LogP contribution in [0.4, 0.5) is 0 Å². The van der Waals surface area contributed by atoms with E-state index in [1.807, 2.05) is 60.7 Å². The molecule has 1 heterocycles. The van der Waals surface area contributed by atoms with E-state index in [-0.39, 0.29) is 36.3 Å². The molecule has 1 saturated heterocycles. The number of ether oxygens (including phenoxy) is 4. The van der Waals surface area contributed by atoms with E-state index in [0.717, 1.165) is 0 Å². The maximum absolute atomic E-state index is 13.9. The van der Waals surface area contributed by atoms with Gasteiger partial charge in [0, 0.05) is 49.7 Å². The maximum atomic E-state index is 13.9. The Bertz CT molecular complexity index is 1760. The number of amides is 2. The molecule has 2 amide bonds. The SMILES string of the molecule is CN(C)C(=O)C=Cc1ccccc1C(=O)OC1CC(C(=O)NC(CO)CCC(=O)OC(C)(C)C)=CC2OC(c3ccccc3)(c3ccccc3)OC21. The standard InChI is InChI=1S/C41H46N2O9/c1-40(2,3)51-36(46)23-21-31(26-44)42-38(47)28-24-33(49-39(48)32-19-13-12-14-27(32)20-22-35(45)43(4)5)37-34(25-28)50-41(52-37,29-15-8-6-9-16-29)30-17-10-7-11-18-30/h6-20,22,25,31,33-34,37,44H,21,23-24,26H2,1-5H3,(H,42,47). The summed E-state index contributed by atoms with van der Waals surface area (Å²) in [5.74, 6) is -3.26. The van der Waals surface area contributed by atoms with Gasteiger partial charge in [-0.05, 0) is 51.0 Å². The zero-order chi connectivity index (χ0) is 37.5. The number of rotatable bonds is 12. The Balaban J connectivity index is 1.46. The number of hydrogen-bond donors (Lipinski definition) is 2. The molecule has 4 atom stereocenters. The van der Waals surface area contributed by atoms with Crippen LogP contribution in [0.5, 0.6) is 0 Å². The summed E-state index contributed by atoms with van der Waals surface area (Å²) >= 11 is 0. The number of nitrogens with zero attached hydrogens (tertiary/aromatic N) is 1. The largest absolute Gasteiger partial charge is 0.460 e. The first kappa shape index (κ1) is 38.1. The summed E-state index contributed by atoms with van der Waals surface area (Å²) in [5.41, 5.74) is 1.73. The molecule has 0 bridgehead atoms. The van der Waals surface area contributed by atoms with Gasteiger partial charge in [-0.2, -0.15) is 0 Å². The third-order valence-electron chi connectivity index (χ3n) is 8.64. The topological polar surface area (TPSA) is 141 Å². The number of benzene rings is 3. The number of hydrogen-bond acceptors (Lipinski definition) is 9. The lowest BCUT2D eigenvalue weighted by Crippen LogP contribution is -2.45. The summed E-state index contributed by atoms with van der Waals surface area (Å²) in [6.45, 7) is 4.89. The van der Waals surface area contributed by atoms with E-state index in [1.165, 1.54) is 11.0 Å². The van der Waals surface area contributed by atoms with Crippen molar-refractivity contribution in [2.75, 3.05) is 20.7 Å². The lowest BCUT2D eigenvalue weighted by atomic mass is 9.91. The number of esters is 2. The van der Waals surface area contributed by atoms with Crippen molar-refractivity contribution in [3.8, 4) is 0 Å². The van der Waals surface area contributed by atoms with Crippen molar-refractivity contribution in [1.82, 2.24) is 10.2 Å². The van der Waals surface area contributed by atoms with Crippen LogP contribution >= 0.6 is 0 Å². The van der Waals surface area contributed by atoms with Crippen LogP contribution in [0.1, 0.15) is 67.1 Å². The highest BCUT2D eigenvalue weighted by molar-refractivity contribution is 5.97. The minimum absolute atomic E-state index is 0.00558. The van der Waals surface area contributed by atoms with E-state index in [4.69, 9.17) is 18.9 Å². The van der Waals surface area contributed by atoms with Gasteiger partial charge in [-0.3, -0.25) is 14.4 Å². The average Bonchev–Trinajstić information content (AvgIpc) is 3.53. The molecule has 0 radical (unpaired) electrons. The van der Waals surface area contributed by atoms with Crippen LogP contribution in [-0.4, -0.2) is 84.4 Å². The van der Waals surface area contributed by atoms with E-state index in [9.17, 15) is 24.3 Å². The van der Waals surface area contributed by atoms with Gasteiger partial charge in [-0.25, -0.2) is 4.79 Å². The van der Waals surface area contributed by atoms with Gasteiger partial charge in [0.2, 0.25) is 17.6 Å². The molecule has 11 heteroatoms. The monoisotopic (exact) mass is 710 g/mol. The van der Waals surface area contributed by atoms with Crippen molar-refractivity contribution in [2.45, 2.75) is 75.8 Å². The molecule has 0 saturated carbocycles. The van der Waals surface area contributed by atoms with Gasteiger partial charge >= 0.3 is 11.9 Å². The number of likely N-dealkylation sites (N-methyl/N-ethyl adjacent to an activating group) is 1. The summed E-state index contributed by atoms with van der Waals surface area (Å²) in [7, 11) is 3.26. The Labute approximate surface area is 304 Å². The zero-order valence-corrected chi connectivity index (χ0v) is 30.1. The first-order valence-corrected chi connectivity index (χ1v) is 17.3. The quantitative estimate of drug-likeness (QED) is 0.198. The van der Waals surface area contributed by atoms with Crippen molar-refractivity contribution in [3.05, 3.63) is 125 Å². The smallest absolute Gasteiger partial charge is 0.339 e. The van der Waals surface area contributed by atoms with Crippen molar-refractivity contribution in [1.29, 1.82) is 0 Å². The summed E-state index contributed by atoms with van der Waals surface area (Å²) in [6, 6.07) is 24.8. The molecular weight excluding hydrogens is 664 g/mol. The highest BCUT2D eigenvalue weighted by atomic mass is 16.8. The third kappa shape index (κ3) is 9.22. The van der Waals surface area contributed by atoms with Gasteiger partial charge < -0.3 is 34.3 Å². The molecule has 4 unspecified atom stereocenters. The molecule has 1 aliphatic carbocycles. The van der Waals surface area contributed by atoms with E-state index < -0.39 is 60.2 Å². The highest BCUT2D eigenvalue weighted by Gasteiger charge is 2.55. The molecule has 5 rings (SSSR count).